The standard InChI is InChI=1S/C17H24FN3O4/c18-10-2-1-3-12(8-10)25-14-9-13(20-17(19)24)15(16(14)23)21-6-4-11(22)5-7-21/h1-3,8,11,13-16,22-23H,4-7,9H2,(H3,19,20,24)/t13-,14-,15+,16+/m1/s1. The highest BCUT2D eigenvalue weighted by Gasteiger charge is 2.47. The first-order valence-electron chi connectivity index (χ1n) is 8.52. The molecule has 4 atom stereocenters. The number of amides is 2. The zero-order valence-electron chi connectivity index (χ0n) is 13.8. The minimum Gasteiger partial charge on any atom is -0.487 e. The average molecular weight is 353 g/mol. The monoisotopic (exact) mass is 353 g/mol. The topological polar surface area (TPSA) is 108 Å². The maximum absolute atomic E-state index is 13.3. The Morgan fingerprint density at radius 3 is 2.68 bits per heavy atom. The van der Waals surface area contributed by atoms with E-state index >= 15 is 0 Å². The maximum atomic E-state index is 13.3. The van der Waals surface area contributed by atoms with Crippen LogP contribution in [0.4, 0.5) is 9.18 Å². The van der Waals surface area contributed by atoms with Gasteiger partial charge in [-0.15, -0.1) is 0 Å². The molecule has 5 N–H and O–H groups in total. The smallest absolute Gasteiger partial charge is 0.312 e. The molecule has 3 rings (SSSR count). The molecule has 0 unspecified atom stereocenters. The number of urea groups is 1. The van der Waals surface area contributed by atoms with Crippen molar-refractivity contribution in [2.45, 2.75) is 49.7 Å². The fraction of sp³-hybridized carbons (Fsp3) is 0.588. The molecule has 2 amide bonds. The number of nitrogens with zero attached hydrogens (tertiary/aromatic N) is 1. The summed E-state index contributed by atoms with van der Waals surface area (Å²) in [6.45, 7) is 1.24. The highest BCUT2D eigenvalue weighted by Crippen LogP contribution is 2.31. The fourth-order valence-electron chi connectivity index (χ4n) is 3.80. The Morgan fingerprint density at radius 1 is 1.32 bits per heavy atom. The van der Waals surface area contributed by atoms with Gasteiger partial charge in [-0.3, -0.25) is 4.90 Å². The summed E-state index contributed by atoms with van der Waals surface area (Å²) in [6, 6.07) is 4.34. The number of likely N-dealkylation sites (tertiary alicyclic amines) is 1. The van der Waals surface area contributed by atoms with Gasteiger partial charge in [0.15, 0.2) is 0 Å². The predicted octanol–water partition coefficient (Wildman–Crippen LogP) is 0.200. The number of hydrogen-bond acceptors (Lipinski definition) is 5. The van der Waals surface area contributed by atoms with Crippen LogP contribution in [0.3, 0.4) is 0 Å². The van der Waals surface area contributed by atoms with E-state index in [-0.39, 0.29) is 18.2 Å². The molecular formula is C17H24FN3O4. The van der Waals surface area contributed by atoms with Crippen molar-refractivity contribution in [3.05, 3.63) is 30.1 Å². The van der Waals surface area contributed by atoms with Crippen molar-refractivity contribution in [3.63, 3.8) is 0 Å². The number of nitrogens with one attached hydrogen (secondary N) is 1. The summed E-state index contributed by atoms with van der Waals surface area (Å²) < 4.78 is 19.1. The highest BCUT2D eigenvalue weighted by molar-refractivity contribution is 5.72. The molecule has 1 aliphatic heterocycles. The first-order chi connectivity index (χ1) is 11.9. The summed E-state index contributed by atoms with van der Waals surface area (Å²) in [7, 11) is 0. The van der Waals surface area contributed by atoms with Crippen LogP contribution in [0.2, 0.25) is 0 Å². The summed E-state index contributed by atoms with van der Waals surface area (Å²) in [6.07, 6.45) is -0.198. The van der Waals surface area contributed by atoms with Gasteiger partial charge in [0.1, 0.15) is 23.8 Å². The minimum atomic E-state index is -0.865. The molecule has 1 saturated carbocycles. The highest BCUT2D eigenvalue weighted by atomic mass is 19.1. The number of rotatable bonds is 4. The van der Waals surface area contributed by atoms with Gasteiger partial charge in [0.05, 0.1) is 18.2 Å². The second-order valence-corrected chi connectivity index (χ2v) is 6.71. The molecule has 7 nitrogen and oxygen atoms in total. The van der Waals surface area contributed by atoms with E-state index in [1.165, 1.54) is 18.2 Å². The van der Waals surface area contributed by atoms with Crippen molar-refractivity contribution in [2.75, 3.05) is 13.1 Å². The zero-order chi connectivity index (χ0) is 18.0. The lowest BCUT2D eigenvalue weighted by Crippen LogP contribution is -2.56. The van der Waals surface area contributed by atoms with E-state index in [1.54, 1.807) is 6.07 Å². The van der Waals surface area contributed by atoms with Gasteiger partial charge in [-0.25, -0.2) is 9.18 Å². The van der Waals surface area contributed by atoms with Crippen LogP contribution in [0.25, 0.3) is 0 Å². The summed E-state index contributed by atoms with van der Waals surface area (Å²) >= 11 is 0. The third-order valence-corrected chi connectivity index (χ3v) is 4.96. The molecule has 0 bridgehead atoms. The Morgan fingerprint density at radius 2 is 2.04 bits per heavy atom. The molecule has 1 aliphatic carbocycles. The Hall–Kier alpha value is -1.90. The van der Waals surface area contributed by atoms with Crippen LogP contribution in [-0.2, 0) is 0 Å². The van der Waals surface area contributed by atoms with Crippen LogP contribution in [-0.4, -0.2) is 64.6 Å². The molecule has 1 aromatic rings. The summed E-state index contributed by atoms with van der Waals surface area (Å²) in [4.78, 5) is 13.4. The van der Waals surface area contributed by atoms with E-state index in [9.17, 15) is 19.4 Å². The van der Waals surface area contributed by atoms with Gasteiger partial charge in [-0.1, -0.05) is 6.07 Å². The van der Waals surface area contributed by atoms with E-state index in [0.29, 0.717) is 38.1 Å². The molecule has 0 spiro atoms. The molecule has 0 radical (unpaired) electrons. The Kier molecular flexibility index (Phi) is 5.41. The van der Waals surface area contributed by atoms with Crippen LogP contribution >= 0.6 is 0 Å². The lowest BCUT2D eigenvalue weighted by atomic mass is 10.0. The number of aliphatic hydroxyl groups excluding tert-OH is 2. The number of halogens is 1. The van der Waals surface area contributed by atoms with E-state index < -0.39 is 24.1 Å². The SMILES string of the molecule is NC(=O)N[C@@H]1C[C@@H](Oc2cccc(F)c2)[C@H](O)[C@H]1N1CCC(O)CC1. The number of carbonyl (C=O) groups is 1. The number of ether oxygens (including phenoxy) is 1. The minimum absolute atomic E-state index is 0.330. The number of primary amides is 1. The Balaban J connectivity index is 1.74. The van der Waals surface area contributed by atoms with Crippen molar-refractivity contribution in [1.29, 1.82) is 0 Å². The summed E-state index contributed by atoms with van der Waals surface area (Å²) in [5.74, 6) is -0.0880. The number of hydrogen-bond donors (Lipinski definition) is 4. The molecule has 0 aromatic heterocycles. The second kappa shape index (κ2) is 7.55. The molecule has 1 saturated heterocycles. The quantitative estimate of drug-likeness (QED) is 0.618. The average Bonchev–Trinajstić information content (AvgIpc) is 2.83. The number of carbonyl (C=O) groups excluding carboxylic acids is 1. The second-order valence-electron chi connectivity index (χ2n) is 6.71. The van der Waals surface area contributed by atoms with Gasteiger partial charge in [-0.05, 0) is 25.0 Å². The lowest BCUT2D eigenvalue weighted by molar-refractivity contribution is -0.0142. The number of nitrogens with two attached hydrogens (primary N) is 1. The normalized spacial score (nSPS) is 31.0. The Labute approximate surface area is 145 Å². The van der Waals surface area contributed by atoms with E-state index in [2.05, 4.69) is 5.32 Å². The van der Waals surface area contributed by atoms with Gasteiger partial charge in [-0.2, -0.15) is 0 Å². The van der Waals surface area contributed by atoms with Crippen LogP contribution in [0.1, 0.15) is 19.3 Å². The van der Waals surface area contributed by atoms with Gasteiger partial charge in [0, 0.05) is 25.6 Å². The van der Waals surface area contributed by atoms with Crippen molar-refractivity contribution >= 4 is 6.03 Å². The largest absolute Gasteiger partial charge is 0.487 e. The molecule has 25 heavy (non-hydrogen) atoms. The van der Waals surface area contributed by atoms with Gasteiger partial charge >= 0.3 is 6.03 Å². The van der Waals surface area contributed by atoms with Gasteiger partial charge in [0.25, 0.3) is 0 Å². The molecule has 1 aromatic carbocycles. The summed E-state index contributed by atoms with van der Waals surface area (Å²) in [5.41, 5.74) is 5.27. The van der Waals surface area contributed by atoms with Crippen molar-refractivity contribution < 1.29 is 24.1 Å². The molecule has 2 aliphatic rings. The van der Waals surface area contributed by atoms with Crippen LogP contribution < -0.4 is 15.8 Å². The van der Waals surface area contributed by atoms with Gasteiger partial charge in [0.2, 0.25) is 0 Å². The van der Waals surface area contributed by atoms with Crippen molar-refractivity contribution in [3.8, 4) is 5.75 Å². The predicted molar refractivity (Wildman–Crippen MR) is 88.5 cm³/mol. The fourth-order valence-corrected chi connectivity index (χ4v) is 3.80. The molecule has 2 fully saturated rings. The molecule has 8 heteroatoms. The third-order valence-electron chi connectivity index (χ3n) is 4.96. The van der Waals surface area contributed by atoms with Crippen LogP contribution in [0, 0.1) is 5.82 Å². The molecule has 138 valence electrons. The number of aliphatic hydroxyl groups is 2. The first-order valence-corrected chi connectivity index (χ1v) is 8.52. The zero-order valence-corrected chi connectivity index (χ0v) is 13.8. The molecule has 1 heterocycles. The third kappa shape index (κ3) is 4.20. The van der Waals surface area contributed by atoms with Crippen molar-refractivity contribution in [2.24, 2.45) is 5.73 Å². The first kappa shape index (κ1) is 17.9. The van der Waals surface area contributed by atoms with Gasteiger partial charge < -0.3 is 26.0 Å². The van der Waals surface area contributed by atoms with Crippen LogP contribution in [0.5, 0.6) is 5.75 Å². The number of piperidine rings is 1. The van der Waals surface area contributed by atoms with Crippen LogP contribution in [0.15, 0.2) is 24.3 Å². The number of benzene rings is 1. The Bertz CT molecular complexity index is 609. The molecular weight excluding hydrogens is 329 g/mol. The van der Waals surface area contributed by atoms with E-state index in [4.69, 9.17) is 10.5 Å². The van der Waals surface area contributed by atoms with Crippen molar-refractivity contribution in [1.82, 2.24) is 10.2 Å². The van der Waals surface area contributed by atoms with E-state index in [0.717, 1.165) is 0 Å². The maximum Gasteiger partial charge on any atom is 0.312 e. The van der Waals surface area contributed by atoms with E-state index in [1.807, 2.05) is 4.90 Å². The summed E-state index contributed by atoms with van der Waals surface area (Å²) in [5, 5.41) is 23.1. The lowest BCUT2D eigenvalue weighted by Gasteiger charge is -2.38.